The van der Waals surface area contributed by atoms with Crippen LogP contribution in [0.2, 0.25) is 0 Å². The molecule has 2 rings (SSSR count). The van der Waals surface area contributed by atoms with Crippen molar-refractivity contribution in [3.8, 4) is 11.4 Å². The molecule has 0 aromatic carbocycles. The molecule has 2 aromatic rings. The smallest absolute Gasteiger partial charge is 0.341 e. The molecular formula is C12H15N3O3. The maximum atomic E-state index is 11.3. The molecule has 6 nitrogen and oxygen atoms in total. The second-order valence-electron chi connectivity index (χ2n) is 3.96. The van der Waals surface area contributed by atoms with Crippen molar-refractivity contribution in [1.82, 2.24) is 14.7 Å². The molecule has 6 heteroatoms. The fraction of sp³-hybridized carbons (Fsp3) is 0.417. The van der Waals surface area contributed by atoms with Crippen molar-refractivity contribution in [2.45, 2.75) is 33.2 Å². The molecule has 0 spiro atoms. The number of hydrogen-bond acceptors (Lipinski definition) is 4. The molecule has 0 radical (unpaired) electrons. The largest absolute Gasteiger partial charge is 0.477 e. The maximum Gasteiger partial charge on any atom is 0.341 e. The quantitative estimate of drug-likeness (QED) is 0.878. The molecule has 96 valence electrons. The summed E-state index contributed by atoms with van der Waals surface area (Å²) in [7, 11) is 0. The zero-order valence-electron chi connectivity index (χ0n) is 10.4. The van der Waals surface area contributed by atoms with E-state index < -0.39 is 5.97 Å². The van der Waals surface area contributed by atoms with Gasteiger partial charge in [-0.1, -0.05) is 19.0 Å². The third-order valence-corrected chi connectivity index (χ3v) is 2.72. The Morgan fingerprint density at radius 1 is 1.50 bits per heavy atom. The van der Waals surface area contributed by atoms with Gasteiger partial charge in [0.05, 0.1) is 18.2 Å². The molecule has 0 bridgehead atoms. The van der Waals surface area contributed by atoms with E-state index in [0.717, 1.165) is 13.0 Å². The van der Waals surface area contributed by atoms with E-state index in [4.69, 9.17) is 4.52 Å². The Kier molecular flexibility index (Phi) is 3.45. The molecule has 0 aliphatic heterocycles. The van der Waals surface area contributed by atoms with Crippen molar-refractivity contribution < 1.29 is 14.4 Å². The summed E-state index contributed by atoms with van der Waals surface area (Å²) in [6.07, 6.45) is 4.71. The number of hydrogen-bond donors (Lipinski definition) is 1. The van der Waals surface area contributed by atoms with Crippen LogP contribution in [0.5, 0.6) is 0 Å². The number of rotatable bonds is 5. The molecular weight excluding hydrogens is 234 g/mol. The van der Waals surface area contributed by atoms with Crippen LogP contribution >= 0.6 is 0 Å². The van der Waals surface area contributed by atoms with Gasteiger partial charge in [0.25, 0.3) is 0 Å². The number of carbonyl (C=O) groups is 1. The highest BCUT2D eigenvalue weighted by atomic mass is 16.5. The van der Waals surface area contributed by atoms with Gasteiger partial charge < -0.3 is 14.2 Å². The summed E-state index contributed by atoms with van der Waals surface area (Å²) in [5.41, 5.74) is 1.17. The van der Waals surface area contributed by atoms with Crippen LogP contribution in [0.4, 0.5) is 0 Å². The number of nitrogens with zero attached hydrogens (tertiary/aromatic N) is 3. The molecule has 0 fully saturated rings. The Balaban J connectivity index is 2.53. The standard InChI is InChI=1S/C12H15N3O3/c1-3-5-15-7-13-6-8(15)11-10(12(16)17)9(4-2)18-14-11/h6-7H,3-5H2,1-2H3,(H,16,17). The zero-order chi connectivity index (χ0) is 13.1. The SMILES string of the molecule is CCCn1cncc1-c1noc(CC)c1C(=O)O. The summed E-state index contributed by atoms with van der Waals surface area (Å²) < 4.78 is 6.97. The molecule has 0 aliphatic carbocycles. The number of carboxylic acid groups (broad SMARTS) is 1. The summed E-state index contributed by atoms with van der Waals surface area (Å²) in [5, 5.41) is 13.1. The predicted octanol–water partition coefficient (Wildman–Crippen LogP) is 2.21. The van der Waals surface area contributed by atoms with Crippen LogP contribution < -0.4 is 0 Å². The fourth-order valence-electron chi connectivity index (χ4n) is 1.90. The first kappa shape index (κ1) is 12.3. The van der Waals surface area contributed by atoms with Gasteiger partial charge in [0.2, 0.25) is 0 Å². The Morgan fingerprint density at radius 3 is 2.89 bits per heavy atom. The second-order valence-corrected chi connectivity index (χ2v) is 3.96. The third kappa shape index (κ3) is 2.01. The summed E-state index contributed by atoms with van der Waals surface area (Å²) in [4.78, 5) is 15.3. The number of carboxylic acids is 1. The van der Waals surface area contributed by atoms with Crippen molar-refractivity contribution in [3.05, 3.63) is 23.8 Å². The zero-order valence-corrected chi connectivity index (χ0v) is 10.4. The first-order chi connectivity index (χ1) is 8.69. The normalized spacial score (nSPS) is 10.8. The first-order valence-electron chi connectivity index (χ1n) is 5.91. The molecule has 0 saturated heterocycles. The van der Waals surface area contributed by atoms with Gasteiger partial charge in [0, 0.05) is 13.0 Å². The Bertz CT molecular complexity index is 557. The highest BCUT2D eigenvalue weighted by Gasteiger charge is 2.24. The van der Waals surface area contributed by atoms with Crippen molar-refractivity contribution in [1.29, 1.82) is 0 Å². The van der Waals surface area contributed by atoms with Crippen molar-refractivity contribution >= 4 is 5.97 Å². The second kappa shape index (κ2) is 5.03. The van der Waals surface area contributed by atoms with Crippen LogP contribution in [0.3, 0.4) is 0 Å². The molecule has 18 heavy (non-hydrogen) atoms. The van der Waals surface area contributed by atoms with E-state index in [1.165, 1.54) is 0 Å². The lowest BCUT2D eigenvalue weighted by molar-refractivity contribution is 0.0695. The van der Waals surface area contributed by atoms with Gasteiger partial charge >= 0.3 is 5.97 Å². The van der Waals surface area contributed by atoms with E-state index in [1.54, 1.807) is 12.5 Å². The van der Waals surface area contributed by atoms with Gasteiger partial charge in [0.15, 0.2) is 5.76 Å². The van der Waals surface area contributed by atoms with E-state index in [0.29, 0.717) is 23.6 Å². The van der Waals surface area contributed by atoms with Crippen LogP contribution in [0.25, 0.3) is 11.4 Å². The van der Waals surface area contributed by atoms with Crippen molar-refractivity contribution in [2.75, 3.05) is 0 Å². The molecule has 0 saturated carbocycles. The fourth-order valence-corrected chi connectivity index (χ4v) is 1.90. The highest BCUT2D eigenvalue weighted by molar-refractivity contribution is 5.95. The molecule has 2 heterocycles. The minimum absolute atomic E-state index is 0.135. The Hall–Kier alpha value is -2.11. The first-order valence-corrected chi connectivity index (χ1v) is 5.91. The maximum absolute atomic E-state index is 11.3. The van der Waals surface area contributed by atoms with Crippen LogP contribution in [0, 0.1) is 0 Å². The third-order valence-electron chi connectivity index (χ3n) is 2.72. The van der Waals surface area contributed by atoms with Gasteiger partial charge in [-0.2, -0.15) is 0 Å². The van der Waals surface area contributed by atoms with Crippen LogP contribution in [0.15, 0.2) is 17.0 Å². The van der Waals surface area contributed by atoms with Gasteiger partial charge in [-0.05, 0) is 6.42 Å². The van der Waals surface area contributed by atoms with Gasteiger partial charge in [-0.3, -0.25) is 0 Å². The number of aromatic nitrogens is 3. The van der Waals surface area contributed by atoms with E-state index in [2.05, 4.69) is 10.1 Å². The Morgan fingerprint density at radius 2 is 2.28 bits per heavy atom. The minimum atomic E-state index is -1.02. The predicted molar refractivity (Wildman–Crippen MR) is 64.4 cm³/mol. The van der Waals surface area contributed by atoms with E-state index in [1.807, 2.05) is 18.4 Å². The lowest BCUT2D eigenvalue weighted by Crippen LogP contribution is -2.04. The summed E-state index contributed by atoms with van der Waals surface area (Å²) in [6, 6.07) is 0. The monoisotopic (exact) mass is 249 g/mol. The number of imidazole rings is 1. The topological polar surface area (TPSA) is 81.2 Å². The molecule has 0 atom stereocenters. The van der Waals surface area contributed by atoms with Gasteiger partial charge in [-0.25, -0.2) is 9.78 Å². The van der Waals surface area contributed by atoms with E-state index >= 15 is 0 Å². The van der Waals surface area contributed by atoms with Crippen LogP contribution in [0.1, 0.15) is 36.4 Å². The summed E-state index contributed by atoms with van der Waals surface area (Å²) >= 11 is 0. The minimum Gasteiger partial charge on any atom is -0.477 e. The Labute approximate surface area is 104 Å². The lowest BCUT2D eigenvalue weighted by Gasteiger charge is -2.04. The molecule has 1 N–H and O–H groups in total. The van der Waals surface area contributed by atoms with Gasteiger partial charge in [0.1, 0.15) is 11.3 Å². The number of aromatic carboxylic acids is 1. The molecule has 0 aliphatic rings. The highest BCUT2D eigenvalue weighted by Crippen LogP contribution is 2.26. The van der Waals surface area contributed by atoms with Crippen molar-refractivity contribution in [3.63, 3.8) is 0 Å². The van der Waals surface area contributed by atoms with E-state index in [-0.39, 0.29) is 5.56 Å². The molecule has 0 unspecified atom stereocenters. The van der Waals surface area contributed by atoms with Crippen molar-refractivity contribution in [2.24, 2.45) is 0 Å². The van der Waals surface area contributed by atoms with E-state index in [9.17, 15) is 9.90 Å². The lowest BCUT2D eigenvalue weighted by atomic mass is 10.1. The average molecular weight is 249 g/mol. The molecule has 0 amide bonds. The average Bonchev–Trinajstić information content (AvgIpc) is 2.94. The number of aryl methyl sites for hydroxylation is 2. The van der Waals surface area contributed by atoms with Crippen LogP contribution in [-0.2, 0) is 13.0 Å². The summed E-state index contributed by atoms with van der Waals surface area (Å²) in [6.45, 7) is 4.64. The summed E-state index contributed by atoms with van der Waals surface area (Å²) in [5.74, 6) is -0.630. The van der Waals surface area contributed by atoms with Crippen LogP contribution in [-0.4, -0.2) is 25.8 Å². The van der Waals surface area contributed by atoms with Gasteiger partial charge in [-0.15, -0.1) is 0 Å². The molecule has 2 aromatic heterocycles.